The number of hydrogen-bond donors (Lipinski definition) is 3. The van der Waals surface area contributed by atoms with Crippen LogP contribution in [0.15, 0.2) is 119 Å². The number of nitrogens with zero attached hydrogens (tertiary/aromatic N) is 3. The van der Waals surface area contributed by atoms with Gasteiger partial charge in [-0.05, 0) is 59.2 Å². The Morgan fingerprint density at radius 3 is 2.02 bits per heavy atom. The largest absolute Gasteiger partial charge is 0.353 e. The fourth-order valence-electron chi connectivity index (χ4n) is 6.50. The average molecular weight is 683 g/mol. The number of aromatic amines is 3. The van der Waals surface area contributed by atoms with Gasteiger partial charge in [0.25, 0.3) is 0 Å². The molecule has 0 aliphatic carbocycles. The predicted octanol–water partition coefficient (Wildman–Crippen LogP) is 9.80. The van der Waals surface area contributed by atoms with Crippen LogP contribution in [0.3, 0.4) is 0 Å². The van der Waals surface area contributed by atoms with E-state index < -0.39 is 0 Å². The van der Waals surface area contributed by atoms with Crippen molar-refractivity contribution in [3.05, 3.63) is 142 Å². The molecule has 3 aromatic heterocycles. The summed E-state index contributed by atoms with van der Waals surface area (Å²) in [4.78, 5) is 17.6. The quantitative estimate of drug-likeness (QED) is 0.146. The molecular weight excluding hydrogens is 645 g/mol. The van der Waals surface area contributed by atoms with Gasteiger partial charge in [0.05, 0.1) is 38.7 Å². The van der Waals surface area contributed by atoms with Crippen molar-refractivity contribution < 1.29 is 0 Å². The standard InChI is InChI=1S/C44H38N6S/c1-6-14-36(51-35-20-13-10-15-27(35)2)31(25-45)41-37-38(40(49-41)29-21-23-30(24-22-29)44(3,4)5)42(50-39(37)28-16-8-7-9-17-28)32(26-46)43-47-33-18-11-12-19-34(33)48-43/h7-24,49-50H,6H2,1-5H3,(H,47,48)/b36-14+,41-31-,42-32-. The molecule has 6 nitrogen and oxygen atoms in total. The Morgan fingerprint density at radius 1 is 0.745 bits per heavy atom. The molecule has 0 saturated heterocycles. The van der Waals surface area contributed by atoms with Crippen molar-refractivity contribution >= 4 is 44.7 Å². The Kier molecular flexibility index (Phi) is 9.00. The Morgan fingerprint density at radius 2 is 1.37 bits per heavy atom. The Labute approximate surface area is 301 Å². The number of H-pyrrole nitrogens is 3. The first-order valence-corrected chi connectivity index (χ1v) is 17.9. The molecule has 0 saturated carbocycles. The summed E-state index contributed by atoms with van der Waals surface area (Å²) in [6.07, 6.45) is 2.88. The summed E-state index contributed by atoms with van der Waals surface area (Å²) in [6, 6.07) is 39.8. The molecule has 4 aromatic carbocycles. The monoisotopic (exact) mass is 682 g/mol. The second-order valence-corrected chi connectivity index (χ2v) is 14.7. The fraction of sp³-hybridized carbons (Fsp3) is 0.159. The SMILES string of the molecule is CC/C=C(Sc1ccccc1C)\C(C#N)=c1/[nH]c(-c2ccc(C(C)(C)C)cc2)c2/c(=C(\C#N)c3nc4ccccc4[nH]3)[nH]c(-c3ccccc3)c12. The molecule has 7 aromatic rings. The van der Waals surface area contributed by atoms with Crippen molar-refractivity contribution in [3.63, 3.8) is 0 Å². The summed E-state index contributed by atoms with van der Waals surface area (Å²) in [7, 11) is 0. The number of benzene rings is 4. The van der Waals surface area contributed by atoms with Gasteiger partial charge in [-0.15, -0.1) is 0 Å². The van der Waals surface area contributed by atoms with Crippen molar-refractivity contribution in [2.45, 2.75) is 51.3 Å². The number of hydrogen-bond acceptors (Lipinski definition) is 4. The molecule has 0 radical (unpaired) electrons. The number of nitrogens with one attached hydrogen (secondary N) is 3. The second kappa shape index (κ2) is 13.7. The van der Waals surface area contributed by atoms with Crippen LogP contribution < -0.4 is 10.7 Å². The van der Waals surface area contributed by atoms with Gasteiger partial charge in [-0.2, -0.15) is 10.5 Å². The number of aromatic nitrogens is 4. The van der Waals surface area contributed by atoms with E-state index in [4.69, 9.17) is 4.98 Å². The fourth-order valence-corrected chi connectivity index (χ4v) is 7.61. The van der Waals surface area contributed by atoms with Crippen LogP contribution in [0, 0.1) is 29.6 Å². The lowest BCUT2D eigenvalue weighted by Crippen LogP contribution is -2.12. The van der Waals surface area contributed by atoms with Crippen molar-refractivity contribution in [1.29, 1.82) is 10.5 Å². The van der Waals surface area contributed by atoms with Gasteiger partial charge in [0.15, 0.2) is 5.82 Å². The lowest BCUT2D eigenvalue weighted by molar-refractivity contribution is 0.590. The molecular formula is C44H38N6S. The molecule has 250 valence electrons. The number of fused-ring (bicyclic) bond motifs is 2. The van der Waals surface area contributed by atoms with Gasteiger partial charge in [0.2, 0.25) is 0 Å². The van der Waals surface area contributed by atoms with E-state index in [9.17, 15) is 10.5 Å². The van der Waals surface area contributed by atoms with E-state index in [-0.39, 0.29) is 5.41 Å². The molecule has 3 N–H and O–H groups in total. The van der Waals surface area contributed by atoms with Crippen molar-refractivity contribution in [3.8, 4) is 34.7 Å². The highest BCUT2D eigenvalue weighted by Crippen LogP contribution is 2.37. The number of allylic oxidation sites excluding steroid dienone is 2. The van der Waals surface area contributed by atoms with Crippen LogP contribution in [0.1, 0.15) is 51.1 Å². The van der Waals surface area contributed by atoms with Crippen molar-refractivity contribution in [2.75, 3.05) is 0 Å². The molecule has 51 heavy (non-hydrogen) atoms. The smallest absolute Gasteiger partial charge is 0.151 e. The van der Waals surface area contributed by atoms with Gasteiger partial charge in [0.1, 0.15) is 17.7 Å². The topological polar surface area (TPSA) is 108 Å². The minimum atomic E-state index is -0.0219. The molecule has 0 aliphatic rings. The van der Waals surface area contributed by atoms with Crippen LogP contribution >= 0.6 is 11.8 Å². The van der Waals surface area contributed by atoms with Gasteiger partial charge in [-0.1, -0.05) is 130 Å². The zero-order valence-corrected chi connectivity index (χ0v) is 30.2. The summed E-state index contributed by atoms with van der Waals surface area (Å²) in [5, 5.41) is 24.9. The van der Waals surface area contributed by atoms with Crippen LogP contribution in [0.4, 0.5) is 0 Å². The lowest BCUT2D eigenvalue weighted by Gasteiger charge is -2.19. The third kappa shape index (κ3) is 6.29. The van der Waals surface area contributed by atoms with E-state index in [2.05, 4.69) is 104 Å². The average Bonchev–Trinajstić information content (AvgIpc) is 3.84. The van der Waals surface area contributed by atoms with E-state index in [1.54, 1.807) is 11.8 Å². The van der Waals surface area contributed by atoms with E-state index in [0.29, 0.717) is 27.7 Å². The van der Waals surface area contributed by atoms with Crippen LogP contribution in [0.25, 0.3) is 55.5 Å². The van der Waals surface area contributed by atoms with Gasteiger partial charge < -0.3 is 15.0 Å². The Hall–Kier alpha value is -6.02. The third-order valence-corrected chi connectivity index (χ3v) is 10.4. The first-order chi connectivity index (χ1) is 24.7. The van der Waals surface area contributed by atoms with Crippen LogP contribution in [-0.4, -0.2) is 19.9 Å². The highest BCUT2D eigenvalue weighted by Gasteiger charge is 2.24. The van der Waals surface area contributed by atoms with E-state index in [1.165, 1.54) is 5.56 Å². The summed E-state index contributed by atoms with van der Waals surface area (Å²) >= 11 is 1.60. The molecule has 0 bridgehead atoms. The molecule has 0 atom stereocenters. The molecule has 7 heteroatoms. The number of aryl methyl sites for hydroxylation is 1. The van der Waals surface area contributed by atoms with Crippen LogP contribution in [0.2, 0.25) is 0 Å². The Bertz CT molecular complexity index is 2620. The second-order valence-electron chi connectivity index (χ2n) is 13.6. The third-order valence-electron chi connectivity index (χ3n) is 9.15. The molecule has 7 rings (SSSR count). The summed E-state index contributed by atoms with van der Waals surface area (Å²) in [6.45, 7) is 10.8. The van der Waals surface area contributed by atoms with E-state index in [0.717, 1.165) is 66.1 Å². The zero-order valence-electron chi connectivity index (χ0n) is 29.3. The van der Waals surface area contributed by atoms with Gasteiger partial charge in [-0.25, -0.2) is 4.98 Å². The minimum Gasteiger partial charge on any atom is -0.353 e. The maximum absolute atomic E-state index is 11.0. The summed E-state index contributed by atoms with van der Waals surface area (Å²) in [5.41, 5.74) is 8.42. The molecule has 0 spiro atoms. The van der Waals surface area contributed by atoms with Crippen molar-refractivity contribution in [1.82, 2.24) is 19.9 Å². The maximum Gasteiger partial charge on any atom is 0.151 e. The number of rotatable bonds is 7. The molecule has 0 aliphatic heterocycles. The highest BCUT2D eigenvalue weighted by atomic mass is 32.2. The number of imidazole rings is 1. The normalized spacial score (nSPS) is 13.3. The highest BCUT2D eigenvalue weighted by molar-refractivity contribution is 8.03. The first kappa shape index (κ1) is 33.5. The van der Waals surface area contributed by atoms with Gasteiger partial charge in [-0.3, -0.25) is 0 Å². The lowest BCUT2D eigenvalue weighted by atomic mass is 9.86. The summed E-state index contributed by atoms with van der Waals surface area (Å²) < 4.78 is 0. The van der Waals surface area contributed by atoms with Crippen LogP contribution in [-0.2, 0) is 5.41 Å². The number of nitriles is 2. The van der Waals surface area contributed by atoms with Crippen molar-refractivity contribution in [2.24, 2.45) is 0 Å². The van der Waals surface area contributed by atoms with Crippen LogP contribution in [0.5, 0.6) is 0 Å². The number of para-hydroxylation sites is 2. The Balaban J connectivity index is 1.65. The maximum atomic E-state index is 11.0. The van der Waals surface area contributed by atoms with Gasteiger partial charge >= 0.3 is 0 Å². The zero-order chi connectivity index (χ0) is 35.7. The predicted molar refractivity (Wildman–Crippen MR) is 210 cm³/mol. The molecule has 0 fully saturated rings. The molecule has 3 heterocycles. The molecule has 0 amide bonds. The minimum absolute atomic E-state index is 0.0219. The van der Waals surface area contributed by atoms with Gasteiger partial charge in [0, 0.05) is 20.6 Å². The first-order valence-electron chi connectivity index (χ1n) is 17.1. The number of thioether (sulfide) groups is 1. The summed E-state index contributed by atoms with van der Waals surface area (Å²) in [5.74, 6) is 0.476. The van der Waals surface area contributed by atoms with E-state index in [1.807, 2.05) is 66.7 Å². The molecule has 0 unspecified atom stereocenters. The van der Waals surface area contributed by atoms with E-state index >= 15 is 0 Å².